The van der Waals surface area contributed by atoms with E-state index in [1.807, 2.05) is 48.5 Å². The van der Waals surface area contributed by atoms with Gasteiger partial charge in [-0.3, -0.25) is 0 Å². The van der Waals surface area contributed by atoms with Crippen molar-refractivity contribution in [2.45, 2.75) is 0 Å². The highest BCUT2D eigenvalue weighted by atomic mass is 16.3. The number of nitrogens with zero attached hydrogens (tertiary/aromatic N) is 3. The fourth-order valence-corrected chi connectivity index (χ4v) is 4.95. The van der Waals surface area contributed by atoms with E-state index >= 15 is 0 Å². The van der Waals surface area contributed by atoms with Crippen molar-refractivity contribution in [3.8, 4) is 22.9 Å². The first-order valence-electron chi connectivity index (χ1n) is 11.1. The number of fused-ring (bicyclic) bond motifs is 6. The van der Waals surface area contributed by atoms with Gasteiger partial charge in [0.1, 0.15) is 17.2 Å². The lowest BCUT2D eigenvalue weighted by molar-refractivity contribution is 0.669. The third-order valence-corrected chi connectivity index (χ3v) is 6.49. The predicted octanol–water partition coefficient (Wildman–Crippen LogP) is 7.62. The summed E-state index contributed by atoms with van der Waals surface area (Å²) in [6.45, 7) is 0. The lowest BCUT2D eigenvalue weighted by Gasteiger charge is -2.11. The fraction of sp³-hybridized carbons (Fsp3) is 0. The van der Waals surface area contributed by atoms with E-state index in [0.29, 0.717) is 5.69 Å². The molecule has 0 saturated heterocycles. The first-order valence-corrected chi connectivity index (χ1v) is 11.1. The molecule has 3 heterocycles. The Hall–Kier alpha value is -4.88. The lowest BCUT2D eigenvalue weighted by Crippen LogP contribution is -2.00. The van der Waals surface area contributed by atoms with Gasteiger partial charge >= 0.3 is 0 Å². The number of rotatable bonds is 2. The van der Waals surface area contributed by atoms with Crippen LogP contribution in [0.25, 0.3) is 60.6 Å². The van der Waals surface area contributed by atoms with E-state index in [0.717, 1.165) is 60.6 Å². The Morgan fingerprint density at radius 1 is 0.647 bits per heavy atom. The molecule has 0 unspecified atom stereocenters. The summed E-state index contributed by atoms with van der Waals surface area (Å²) < 4.78 is 8.34. The van der Waals surface area contributed by atoms with E-state index in [-0.39, 0.29) is 0 Å². The molecule has 0 aliphatic rings. The Balaban J connectivity index is 1.61. The molecule has 4 nitrogen and oxygen atoms in total. The second-order valence-corrected chi connectivity index (χ2v) is 8.39. The van der Waals surface area contributed by atoms with Crippen LogP contribution in [0.5, 0.6) is 0 Å². The highest BCUT2D eigenvalue weighted by Crippen LogP contribution is 2.39. The second kappa shape index (κ2) is 7.06. The minimum atomic E-state index is 0.382. The van der Waals surface area contributed by atoms with Crippen molar-refractivity contribution in [3.05, 3.63) is 109 Å². The summed E-state index contributed by atoms with van der Waals surface area (Å²) in [6.07, 6.45) is 1.77. The molecule has 0 aliphatic heterocycles. The smallest absolute Gasteiger partial charge is 0.164 e. The standard InChI is InChI=1S/C30H17N3O/c31-17-25-28(14-20(18-32-25)19-8-2-1-3-9-19)33-26-12-6-4-10-21(26)23-15-24-22-11-5-7-13-29(22)34-30(24)16-27(23)33/h1-16,18H. The summed E-state index contributed by atoms with van der Waals surface area (Å²) >= 11 is 0. The first-order chi connectivity index (χ1) is 16.8. The Morgan fingerprint density at radius 3 is 2.26 bits per heavy atom. The highest BCUT2D eigenvalue weighted by Gasteiger charge is 2.19. The topological polar surface area (TPSA) is 54.8 Å². The van der Waals surface area contributed by atoms with Crippen molar-refractivity contribution in [1.29, 1.82) is 5.26 Å². The molecule has 0 aliphatic carbocycles. The van der Waals surface area contributed by atoms with Gasteiger partial charge in [0.05, 0.1) is 16.7 Å². The summed E-state index contributed by atoms with van der Waals surface area (Å²) in [5.41, 5.74) is 6.85. The van der Waals surface area contributed by atoms with E-state index in [1.165, 1.54) is 0 Å². The maximum absolute atomic E-state index is 9.95. The molecule has 0 atom stereocenters. The minimum absolute atomic E-state index is 0.382. The summed E-state index contributed by atoms with van der Waals surface area (Å²) in [4.78, 5) is 4.53. The summed E-state index contributed by atoms with van der Waals surface area (Å²) in [5.74, 6) is 0. The normalized spacial score (nSPS) is 11.5. The molecular weight excluding hydrogens is 418 g/mol. The van der Waals surface area contributed by atoms with Crippen molar-refractivity contribution in [1.82, 2.24) is 9.55 Å². The van der Waals surface area contributed by atoms with Gasteiger partial charge in [0.15, 0.2) is 5.69 Å². The van der Waals surface area contributed by atoms with Crippen LogP contribution in [0.3, 0.4) is 0 Å². The zero-order valence-electron chi connectivity index (χ0n) is 18.1. The van der Waals surface area contributed by atoms with Gasteiger partial charge in [0.25, 0.3) is 0 Å². The number of nitriles is 1. The molecule has 158 valence electrons. The fourth-order valence-electron chi connectivity index (χ4n) is 4.95. The maximum Gasteiger partial charge on any atom is 0.164 e. The van der Waals surface area contributed by atoms with Gasteiger partial charge in [0, 0.05) is 39.4 Å². The number of furan rings is 1. The van der Waals surface area contributed by atoms with Crippen LogP contribution in [0.15, 0.2) is 108 Å². The molecule has 0 saturated carbocycles. The second-order valence-electron chi connectivity index (χ2n) is 8.39. The third-order valence-electron chi connectivity index (χ3n) is 6.49. The summed E-state index contributed by atoms with van der Waals surface area (Å²) in [7, 11) is 0. The molecule has 7 rings (SSSR count). The van der Waals surface area contributed by atoms with Crippen LogP contribution in [0.4, 0.5) is 0 Å². The molecule has 0 amide bonds. The molecular formula is C30H17N3O. The summed E-state index contributed by atoms with van der Waals surface area (Å²) in [6, 6.07) is 35.1. The number of benzene rings is 4. The minimum Gasteiger partial charge on any atom is -0.456 e. The first kappa shape index (κ1) is 18.7. The van der Waals surface area contributed by atoms with Gasteiger partial charge < -0.3 is 8.98 Å². The van der Waals surface area contributed by atoms with E-state index < -0.39 is 0 Å². The Bertz CT molecular complexity index is 1920. The molecule has 0 N–H and O–H groups in total. The molecule has 0 spiro atoms. The van der Waals surface area contributed by atoms with Crippen molar-refractivity contribution in [2.24, 2.45) is 0 Å². The number of hydrogen-bond donors (Lipinski definition) is 0. The summed E-state index contributed by atoms with van der Waals surface area (Å²) in [5, 5.41) is 14.4. The van der Waals surface area contributed by atoms with Crippen LogP contribution < -0.4 is 0 Å². The number of para-hydroxylation sites is 2. The maximum atomic E-state index is 9.95. The highest BCUT2D eigenvalue weighted by molar-refractivity contribution is 6.17. The zero-order chi connectivity index (χ0) is 22.6. The Morgan fingerprint density at radius 2 is 1.41 bits per heavy atom. The van der Waals surface area contributed by atoms with Crippen molar-refractivity contribution < 1.29 is 4.42 Å². The number of aromatic nitrogens is 2. The van der Waals surface area contributed by atoms with Crippen molar-refractivity contribution in [2.75, 3.05) is 0 Å². The lowest BCUT2D eigenvalue weighted by atomic mass is 10.1. The van der Waals surface area contributed by atoms with Crippen LogP contribution in [0.1, 0.15) is 5.69 Å². The van der Waals surface area contributed by atoms with Crippen molar-refractivity contribution >= 4 is 43.7 Å². The van der Waals surface area contributed by atoms with Crippen LogP contribution in [0, 0.1) is 11.3 Å². The molecule has 34 heavy (non-hydrogen) atoms. The number of hydrogen-bond acceptors (Lipinski definition) is 3. The van der Waals surface area contributed by atoms with Gasteiger partial charge in [-0.2, -0.15) is 5.26 Å². The van der Waals surface area contributed by atoms with Gasteiger partial charge in [-0.15, -0.1) is 0 Å². The molecule has 0 bridgehead atoms. The van der Waals surface area contributed by atoms with Crippen molar-refractivity contribution in [3.63, 3.8) is 0 Å². The van der Waals surface area contributed by atoms with Crippen LogP contribution in [-0.4, -0.2) is 9.55 Å². The molecule has 0 radical (unpaired) electrons. The Labute approximate surface area is 194 Å². The van der Waals surface area contributed by atoms with E-state index in [9.17, 15) is 5.26 Å². The molecule has 3 aromatic heterocycles. The Kier molecular flexibility index (Phi) is 3.88. The van der Waals surface area contributed by atoms with Gasteiger partial charge in [-0.25, -0.2) is 4.98 Å². The predicted molar refractivity (Wildman–Crippen MR) is 136 cm³/mol. The van der Waals surface area contributed by atoms with E-state index in [4.69, 9.17) is 4.42 Å². The SMILES string of the molecule is N#Cc1ncc(-c2ccccc2)cc1-n1c2ccccc2c2cc3c(cc21)oc1ccccc13. The molecule has 4 heteroatoms. The molecule has 7 aromatic rings. The van der Waals surface area contributed by atoms with E-state index in [1.54, 1.807) is 6.20 Å². The van der Waals surface area contributed by atoms with Crippen LogP contribution in [-0.2, 0) is 0 Å². The van der Waals surface area contributed by atoms with Crippen LogP contribution >= 0.6 is 0 Å². The van der Waals surface area contributed by atoms with Crippen LogP contribution in [0.2, 0.25) is 0 Å². The zero-order valence-corrected chi connectivity index (χ0v) is 18.1. The largest absolute Gasteiger partial charge is 0.456 e. The molecule has 0 fully saturated rings. The average molecular weight is 435 g/mol. The molecule has 4 aromatic carbocycles. The quantitative estimate of drug-likeness (QED) is 0.281. The monoisotopic (exact) mass is 435 g/mol. The van der Waals surface area contributed by atoms with Gasteiger partial charge in [-0.05, 0) is 29.8 Å². The van der Waals surface area contributed by atoms with E-state index in [2.05, 4.69) is 64.2 Å². The third kappa shape index (κ3) is 2.61. The average Bonchev–Trinajstić information content (AvgIpc) is 3.42. The van der Waals surface area contributed by atoms with Gasteiger partial charge in [0.2, 0.25) is 0 Å². The number of pyridine rings is 1. The van der Waals surface area contributed by atoms with Gasteiger partial charge in [-0.1, -0.05) is 66.7 Å².